The first-order valence-electron chi connectivity index (χ1n) is 18.5. The Labute approximate surface area is 342 Å². The van der Waals surface area contributed by atoms with Crippen LogP contribution >= 0.6 is 15.9 Å². The Balaban J connectivity index is 0.000000164. The van der Waals surface area contributed by atoms with Crippen LogP contribution in [0.25, 0.3) is 44.8 Å². The molecule has 6 aromatic heterocycles. The smallest absolute Gasteiger partial charge is 0.113 e. The number of pyridine rings is 4. The molecule has 0 unspecified atom stereocenters. The van der Waals surface area contributed by atoms with Crippen molar-refractivity contribution in [2.24, 2.45) is 14.1 Å². The zero-order valence-corrected chi connectivity index (χ0v) is 33.9. The van der Waals surface area contributed by atoms with Crippen molar-refractivity contribution in [1.29, 1.82) is 0 Å². The molecule has 0 atom stereocenters. The maximum absolute atomic E-state index is 5.39. The highest BCUT2D eigenvalue weighted by Gasteiger charge is 2.13. The third kappa shape index (κ3) is 10.9. The zero-order valence-electron chi connectivity index (χ0n) is 32.3. The van der Waals surface area contributed by atoms with Crippen LogP contribution in [0.3, 0.4) is 0 Å². The minimum absolute atomic E-state index is 0.799. The fraction of sp³-hybridized carbons (Fsp3) is 0.125. The topological polar surface area (TPSA) is 87.2 Å². The number of terminal acetylenes is 1. The molecule has 0 fully saturated rings. The van der Waals surface area contributed by atoms with Gasteiger partial charge >= 0.3 is 0 Å². The van der Waals surface area contributed by atoms with Gasteiger partial charge in [0, 0.05) is 96.0 Å². The molecule has 0 bridgehead atoms. The van der Waals surface area contributed by atoms with E-state index in [0.717, 1.165) is 90.4 Å². The van der Waals surface area contributed by atoms with Gasteiger partial charge in [0.15, 0.2) is 0 Å². The lowest BCUT2D eigenvalue weighted by atomic mass is 10.0. The fourth-order valence-corrected chi connectivity index (χ4v) is 6.23. The third-order valence-electron chi connectivity index (χ3n) is 8.76. The maximum Gasteiger partial charge on any atom is 0.113 e. The molecule has 2 aromatic carbocycles. The average Bonchev–Trinajstić information content (AvgIpc) is 3.86. The van der Waals surface area contributed by atoms with E-state index >= 15 is 0 Å². The number of halogens is 1. The Kier molecular flexibility index (Phi) is 13.7. The molecule has 0 saturated heterocycles. The van der Waals surface area contributed by atoms with Crippen molar-refractivity contribution in [2.45, 2.75) is 26.7 Å². The maximum atomic E-state index is 5.39. The molecular formula is C48H41BrN8. The van der Waals surface area contributed by atoms with Gasteiger partial charge in [-0.25, -0.2) is 9.97 Å². The predicted octanol–water partition coefficient (Wildman–Crippen LogP) is 10.0. The van der Waals surface area contributed by atoms with Gasteiger partial charge in [0.1, 0.15) is 21.7 Å². The summed E-state index contributed by atoms with van der Waals surface area (Å²) in [6.07, 6.45) is 18.5. The van der Waals surface area contributed by atoms with Crippen LogP contribution < -0.4 is 0 Å². The molecule has 0 N–H and O–H groups in total. The highest BCUT2D eigenvalue weighted by atomic mass is 79.9. The first-order chi connectivity index (χ1) is 27.8. The van der Waals surface area contributed by atoms with Crippen molar-refractivity contribution in [2.75, 3.05) is 0 Å². The normalized spacial score (nSPS) is 10.2. The third-order valence-corrected chi connectivity index (χ3v) is 9.20. The van der Waals surface area contributed by atoms with Gasteiger partial charge < -0.3 is 0 Å². The van der Waals surface area contributed by atoms with E-state index < -0.39 is 0 Å². The highest BCUT2D eigenvalue weighted by Crippen LogP contribution is 2.32. The molecular weight excluding hydrogens is 768 g/mol. The van der Waals surface area contributed by atoms with Crippen LogP contribution in [0.2, 0.25) is 0 Å². The van der Waals surface area contributed by atoms with Crippen molar-refractivity contribution < 1.29 is 0 Å². The van der Waals surface area contributed by atoms with Crippen LogP contribution in [0.5, 0.6) is 0 Å². The molecule has 0 saturated carbocycles. The van der Waals surface area contributed by atoms with Crippen molar-refractivity contribution in [3.8, 4) is 69.0 Å². The predicted molar refractivity (Wildman–Crippen MR) is 233 cm³/mol. The van der Waals surface area contributed by atoms with Gasteiger partial charge in [-0.1, -0.05) is 62.1 Å². The van der Waals surface area contributed by atoms with Crippen molar-refractivity contribution >= 4 is 15.9 Å². The molecule has 0 aliphatic rings. The Morgan fingerprint density at radius 2 is 1.02 bits per heavy atom. The Morgan fingerprint density at radius 3 is 1.47 bits per heavy atom. The molecule has 0 radical (unpaired) electrons. The number of nitrogens with zero attached hydrogens (tertiary/aromatic N) is 8. The van der Waals surface area contributed by atoms with Crippen molar-refractivity contribution in [1.82, 2.24) is 39.5 Å². The van der Waals surface area contributed by atoms with E-state index in [2.05, 4.69) is 89.8 Å². The number of hydrogen-bond acceptors (Lipinski definition) is 6. The second-order valence-electron chi connectivity index (χ2n) is 12.8. The molecule has 6 heterocycles. The second-order valence-corrected chi connectivity index (χ2v) is 13.6. The van der Waals surface area contributed by atoms with Gasteiger partial charge in [-0.3, -0.25) is 19.3 Å². The van der Waals surface area contributed by atoms with Crippen LogP contribution in [0.1, 0.15) is 42.1 Å². The van der Waals surface area contributed by atoms with E-state index in [0.29, 0.717) is 0 Å². The van der Waals surface area contributed by atoms with E-state index in [-0.39, 0.29) is 0 Å². The summed E-state index contributed by atoms with van der Waals surface area (Å²) >= 11 is 3.29. The van der Waals surface area contributed by atoms with E-state index in [1.807, 2.05) is 133 Å². The summed E-state index contributed by atoms with van der Waals surface area (Å²) in [6, 6.07) is 35.9. The number of aryl methyl sites for hydroxylation is 4. The lowest BCUT2D eigenvalue weighted by molar-refractivity contribution is 0.771. The van der Waals surface area contributed by atoms with Crippen molar-refractivity contribution in [3.63, 3.8) is 0 Å². The first-order valence-corrected chi connectivity index (χ1v) is 19.3. The Hall–Kier alpha value is -6.94. The van der Waals surface area contributed by atoms with Gasteiger partial charge in [-0.05, 0) is 119 Å². The van der Waals surface area contributed by atoms with Crippen molar-refractivity contribution in [3.05, 3.63) is 179 Å². The zero-order chi connectivity index (χ0) is 40.0. The van der Waals surface area contributed by atoms with Crippen LogP contribution in [0.15, 0.2) is 151 Å². The minimum Gasteiger partial charge on any atom is -0.275 e. The number of aromatic nitrogens is 8. The lowest BCUT2D eigenvalue weighted by Gasteiger charge is -2.03. The molecule has 8 aromatic rings. The number of hydrogen-bond donors (Lipinski definition) is 0. The highest BCUT2D eigenvalue weighted by molar-refractivity contribution is 9.10. The van der Waals surface area contributed by atoms with E-state index in [1.165, 1.54) is 0 Å². The molecule has 9 heteroatoms. The van der Waals surface area contributed by atoms with Crippen LogP contribution in [0, 0.1) is 24.2 Å². The SMILES string of the molecule is C#Cc1ccc(-c2nn(C)cc2-c2ccncc2)cc1.CCc1cccc(Br)n1.CCc1cccc(C#Cc2ccc(-c3nn(C)cc3-c3ccncc3)cc2)n1. The molecule has 280 valence electrons. The molecule has 0 amide bonds. The van der Waals surface area contributed by atoms with Gasteiger partial charge in [-0.2, -0.15) is 10.2 Å². The molecule has 8 rings (SSSR count). The summed E-state index contributed by atoms with van der Waals surface area (Å²) in [6.45, 7) is 4.19. The molecule has 57 heavy (non-hydrogen) atoms. The summed E-state index contributed by atoms with van der Waals surface area (Å²) in [5, 5.41) is 9.21. The molecule has 0 aliphatic carbocycles. The molecule has 0 spiro atoms. The summed E-state index contributed by atoms with van der Waals surface area (Å²) in [4.78, 5) is 16.9. The second kappa shape index (κ2) is 19.6. The largest absolute Gasteiger partial charge is 0.275 e. The van der Waals surface area contributed by atoms with Gasteiger partial charge in [0.05, 0.1) is 0 Å². The first kappa shape index (κ1) is 39.7. The fourth-order valence-electron chi connectivity index (χ4n) is 5.85. The monoisotopic (exact) mass is 808 g/mol. The quantitative estimate of drug-likeness (QED) is 0.123. The lowest BCUT2D eigenvalue weighted by Crippen LogP contribution is -1.89. The Morgan fingerprint density at radius 1 is 0.544 bits per heavy atom. The van der Waals surface area contributed by atoms with Gasteiger partial charge in [-0.15, -0.1) is 6.42 Å². The Bertz CT molecular complexity index is 2630. The van der Waals surface area contributed by atoms with E-state index in [4.69, 9.17) is 6.42 Å². The van der Waals surface area contributed by atoms with E-state index in [9.17, 15) is 0 Å². The van der Waals surface area contributed by atoms with Gasteiger partial charge in [0.2, 0.25) is 0 Å². The molecule has 0 aliphatic heterocycles. The van der Waals surface area contributed by atoms with Gasteiger partial charge in [0.25, 0.3) is 0 Å². The average molecular weight is 810 g/mol. The minimum atomic E-state index is 0.799. The summed E-state index contributed by atoms with van der Waals surface area (Å²) in [7, 11) is 3.86. The number of benzene rings is 2. The van der Waals surface area contributed by atoms with Crippen LogP contribution in [0.4, 0.5) is 0 Å². The molecule has 8 nitrogen and oxygen atoms in total. The standard InChI is InChI=1S/C24H20N4.C17H13N3.C7H8BrN/c1-3-21-5-4-6-22(26-21)12-9-18-7-10-20(11-8-18)24-23(17-28(2)27-24)19-13-15-25-16-14-19;1-3-13-4-6-15(7-5-13)17-16(12-20(2)19-17)14-8-10-18-11-9-14;1-2-6-4-3-5-7(8)9-6/h4-8,10-11,13-17H,3H2,1-2H3;1,4-12H,2H3;3-5H,2H2,1H3. The number of rotatable bonds is 6. The van der Waals surface area contributed by atoms with Crippen LogP contribution in [-0.2, 0) is 26.9 Å². The van der Waals surface area contributed by atoms with E-state index in [1.54, 1.807) is 24.8 Å². The van der Waals surface area contributed by atoms with Crippen LogP contribution in [-0.4, -0.2) is 39.5 Å². The summed E-state index contributed by atoms with van der Waals surface area (Å²) < 4.78 is 4.58. The summed E-state index contributed by atoms with van der Waals surface area (Å²) in [5.41, 5.74) is 13.2. The summed E-state index contributed by atoms with van der Waals surface area (Å²) in [5.74, 6) is 8.97.